The van der Waals surface area contributed by atoms with E-state index in [4.69, 9.17) is 9.47 Å². The Bertz CT molecular complexity index is 1010. The number of rotatable bonds is 5. The predicted octanol–water partition coefficient (Wildman–Crippen LogP) is 3.00. The zero-order chi connectivity index (χ0) is 21.4. The Hall–Kier alpha value is -2.74. The van der Waals surface area contributed by atoms with E-state index in [9.17, 15) is 18.4 Å². The molecule has 30 heavy (non-hydrogen) atoms. The zero-order valence-corrected chi connectivity index (χ0v) is 17.0. The third-order valence-corrected chi connectivity index (χ3v) is 5.91. The molecule has 2 aliphatic heterocycles. The second-order valence-corrected chi connectivity index (χ2v) is 7.94. The third-order valence-electron chi connectivity index (χ3n) is 5.91. The van der Waals surface area contributed by atoms with Gasteiger partial charge in [-0.15, -0.1) is 0 Å². The van der Waals surface area contributed by atoms with Crippen LogP contribution in [0.5, 0.6) is 5.75 Å². The van der Waals surface area contributed by atoms with Crippen molar-refractivity contribution in [3.63, 3.8) is 0 Å². The number of hydrogen-bond donors (Lipinski definition) is 0. The third kappa shape index (κ3) is 3.71. The topological polar surface area (TPSA) is 60.8 Å². The second-order valence-electron chi connectivity index (χ2n) is 7.94. The number of ether oxygens (including phenoxy) is 2. The Balaban J connectivity index is 1.64. The Morgan fingerprint density at radius 3 is 2.60 bits per heavy atom. The smallest absolute Gasteiger partial charge is 0.274 e. The number of carbonyl (C=O) groups is 1. The average Bonchev–Trinajstić information content (AvgIpc) is 3.34. The molecule has 2 saturated heterocycles. The average molecular weight is 418 g/mol. The Morgan fingerprint density at radius 2 is 1.97 bits per heavy atom. The molecule has 160 valence electrons. The summed E-state index contributed by atoms with van der Waals surface area (Å²) >= 11 is 0. The van der Waals surface area contributed by atoms with Crippen molar-refractivity contribution in [3.8, 4) is 5.75 Å². The van der Waals surface area contributed by atoms with Gasteiger partial charge in [0.1, 0.15) is 23.1 Å². The zero-order valence-electron chi connectivity index (χ0n) is 17.0. The van der Waals surface area contributed by atoms with E-state index in [0.717, 1.165) is 18.6 Å². The van der Waals surface area contributed by atoms with Gasteiger partial charge in [-0.3, -0.25) is 9.59 Å². The molecule has 3 heterocycles. The van der Waals surface area contributed by atoms with Crippen LogP contribution in [0.4, 0.5) is 14.5 Å². The van der Waals surface area contributed by atoms with E-state index in [1.807, 2.05) is 0 Å². The number of anilines is 1. The summed E-state index contributed by atoms with van der Waals surface area (Å²) in [6.07, 6.45) is 2.54. The highest BCUT2D eigenvalue weighted by Crippen LogP contribution is 2.35. The molecule has 6 nitrogen and oxygen atoms in total. The maximum Gasteiger partial charge on any atom is 0.274 e. The number of amides is 1. The van der Waals surface area contributed by atoms with Crippen LogP contribution in [0.1, 0.15) is 29.9 Å². The van der Waals surface area contributed by atoms with Gasteiger partial charge in [0.2, 0.25) is 5.91 Å². The molecule has 1 unspecified atom stereocenters. The monoisotopic (exact) mass is 418 g/mol. The molecule has 0 spiro atoms. The van der Waals surface area contributed by atoms with Crippen LogP contribution in [-0.2, 0) is 16.1 Å². The molecule has 4 rings (SSSR count). The van der Waals surface area contributed by atoms with Crippen LogP contribution >= 0.6 is 0 Å². The van der Waals surface area contributed by atoms with E-state index in [2.05, 4.69) is 0 Å². The summed E-state index contributed by atoms with van der Waals surface area (Å²) in [4.78, 5) is 27.3. The standard InChI is InChI=1S/C22H24F2N2O4/c1-13-3-5-25(10-14-4-6-30-12-14)22(28)21(13)26-11-15(7-19(26)27)20-17(23)8-16(29-2)9-18(20)24/h3,5,8-9,14-15H,4,6-7,10-12H2,1-2H3/t14?,15-/m0/s1. The molecule has 8 heteroatoms. The van der Waals surface area contributed by atoms with Crippen LogP contribution < -0.4 is 15.2 Å². The number of aryl methyl sites for hydroxylation is 1. The summed E-state index contributed by atoms with van der Waals surface area (Å²) < 4.78 is 40.9. The van der Waals surface area contributed by atoms with Crippen molar-refractivity contribution in [2.75, 3.05) is 31.8 Å². The minimum Gasteiger partial charge on any atom is -0.497 e. The first-order chi connectivity index (χ1) is 14.4. The van der Waals surface area contributed by atoms with Gasteiger partial charge in [-0.2, -0.15) is 0 Å². The quantitative estimate of drug-likeness (QED) is 0.749. The van der Waals surface area contributed by atoms with E-state index < -0.39 is 17.6 Å². The largest absolute Gasteiger partial charge is 0.497 e. The van der Waals surface area contributed by atoms with E-state index >= 15 is 0 Å². The van der Waals surface area contributed by atoms with Gasteiger partial charge in [0.25, 0.3) is 5.56 Å². The van der Waals surface area contributed by atoms with Gasteiger partial charge in [0.15, 0.2) is 0 Å². The lowest BCUT2D eigenvalue weighted by molar-refractivity contribution is -0.117. The van der Waals surface area contributed by atoms with Crippen molar-refractivity contribution in [3.05, 3.63) is 57.5 Å². The fourth-order valence-corrected chi connectivity index (χ4v) is 4.32. The SMILES string of the molecule is COc1cc(F)c([C@H]2CC(=O)N(c3c(C)ccn(CC4CCOC4)c3=O)C2)c(F)c1. The molecule has 2 atom stereocenters. The molecule has 0 N–H and O–H groups in total. The first kappa shape index (κ1) is 20.5. The number of pyridine rings is 1. The van der Waals surface area contributed by atoms with Crippen molar-refractivity contribution < 1.29 is 23.0 Å². The second kappa shape index (κ2) is 8.18. The summed E-state index contributed by atoms with van der Waals surface area (Å²) in [5, 5.41) is 0. The van der Waals surface area contributed by atoms with Crippen LogP contribution in [-0.4, -0.2) is 37.3 Å². The van der Waals surface area contributed by atoms with Gasteiger partial charge in [0, 0.05) is 61.8 Å². The summed E-state index contributed by atoms with van der Waals surface area (Å²) in [7, 11) is 1.33. The van der Waals surface area contributed by atoms with E-state index in [1.54, 1.807) is 23.8 Å². The first-order valence-corrected chi connectivity index (χ1v) is 10.00. The number of benzene rings is 1. The van der Waals surface area contributed by atoms with E-state index in [-0.39, 0.29) is 47.4 Å². The van der Waals surface area contributed by atoms with Gasteiger partial charge in [-0.05, 0) is 25.0 Å². The molecule has 0 radical (unpaired) electrons. The van der Waals surface area contributed by atoms with Crippen LogP contribution in [0.25, 0.3) is 0 Å². The molecular formula is C22H24F2N2O4. The maximum atomic E-state index is 14.5. The number of methoxy groups -OCH3 is 1. The molecule has 0 saturated carbocycles. The van der Waals surface area contributed by atoms with Crippen molar-refractivity contribution in [2.24, 2.45) is 5.92 Å². The van der Waals surface area contributed by atoms with Gasteiger partial charge in [-0.1, -0.05) is 0 Å². The van der Waals surface area contributed by atoms with Crippen molar-refractivity contribution in [1.82, 2.24) is 4.57 Å². The van der Waals surface area contributed by atoms with E-state index in [1.165, 1.54) is 12.0 Å². The fourth-order valence-electron chi connectivity index (χ4n) is 4.32. The van der Waals surface area contributed by atoms with Crippen molar-refractivity contribution in [1.29, 1.82) is 0 Å². The van der Waals surface area contributed by atoms with Crippen LogP contribution in [0.2, 0.25) is 0 Å². The molecule has 1 aromatic heterocycles. The molecule has 1 amide bonds. The highest BCUT2D eigenvalue weighted by atomic mass is 19.1. The number of aromatic nitrogens is 1. The predicted molar refractivity (Wildman–Crippen MR) is 107 cm³/mol. The number of hydrogen-bond acceptors (Lipinski definition) is 4. The Morgan fingerprint density at radius 1 is 1.23 bits per heavy atom. The molecule has 2 aromatic rings. The lowest BCUT2D eigenvalue weighted by Crippen LogP contribution is -2.35. The van der Waals surface area contributed by atoms with Crippen molar-refractivity contribution in [2.45, 2.75) is 32.2 Å². The fraction of sp³-hybridized carbons (Fsp3) is 0.455. The Labute approximate surface area is 173 Å². The summed E-state index contributed by atoms with van der Waals surface area (Å²) in [5.74, 6) is -2.18. The van der Waals surface area contributed by atoms with Crippen LogP contribution in [0.3, 0.4) is 0 Å². The summed E-state index contributed by atoms with van der Waals surface area (Å²) in [5.41, 5.74) is 0.511. The lowest BCUT2D eigenvalue weighted by Gasteiger charge is -2.21. The molecule has 0 bridgehead atoms. The van der Waals surface area contributed by atoms with Crippen molar-refractivity contribution >= 4 is 11.6 Å². The highest BCUT2D eigenvalue weighted by Gasteiger charge is 2.37. The summed E-state index contributed by atoms with van der Waals surface area (Å²) in [6.45, 7) is 3.61. The minimum atomic E-state index is -0.755. The lowest BCUT2D eigenvalue weighted by atomic mass is 9.97. The number of halogens is 2. The Kier molecular flexibility index (Phi) is 5.60. The number of carbonyl (C=O) groups excluding carboxylic acids is 1. The van der Waals surface area contributed by atoms with Gasteiger partial charge in [0.05, 0.1) is 13.7 Å². The summed E-state index contributed by atoms with van der Waals surface area (Å²) in [6, 6.07) is 4.01. The number of nitrogens with zero attached hydrogens (tertiary/aromatic N) is 2. The highest BCUT2D eigenvalue weighted by molar-refractivity contribution is 5.97. The molecule has 2 aliphatic rings. The maximum absolute atomic E-state index is 14.5. The van der Waals surface area contributed by atoms with Crippen LogP contribution in [0.15, 0.2) is 29.2 Å². The van der Waals surface area contributed by atoms with Gasteiger partial charge in [-0.25, -0.2) is 8.78 Å². The first-order valence-electron chi connectivity index (χ1n) is 10.00. The normalized spacial score (nSPS) is 21.5. The van der Waals surface area contributed by atoms with Crippen LogP contribution in [0, 0.1) is 24.5 Å². The minimum absolute atomic E-state index is 0.0473. The van der Waals surface area contributed by atoms with Gasteiger partial charge < -0.3 is 18.9 Å². The van der Waals surface area contributed by atoms with E-state index in [0.29, 0.717) is 25.3 Å². The molecule has 0 aliphatic carbocycles. The molecule has 1 aromatic carbocycles. The molecule has 2 fully saturated rings. The molecular weight excluding hydrogens is 394 g/mol. The van der Waals surface area contributed by atoms with Gasteiger partial charge >= 0.3 is 0 Å².